The molecule has 0 atom stereocenters. The standard InChI is InChI=1S/C24H24N2O2.C4H9N/c1-15(2)17-12-21(19-6-5-11-25-22(19)13-17)24(9-10-24)26-23(27)20-14-18(28-4)8-7-16(20)3;1-2-4-5-3-1/h5-8,11-14H,1,9-10H2,2-4H3,(H,26,27);5H,1-4H2. The lowest BCUT2D eigenvalue weighted by atomic mass is 9.94. The number of nitrogens with one attached hydrogen (secondary N) is 2. The van der Waals surface area contributed by atoms with Crippen LogP contribution >= 0.6 is 0 Å². The van der Waals surface area contributed by atoms with E-state index >= 15 is 0 Å². The molecule has 3 aromatic rings. The fraction of sp³-hybridized carbons (Fsp3) is 0.357. The number of aromatic nitrogens is 1. The molecule has 2 heterocycles. The second-order valence-electron chi connectivity index (χ2n) is 9.05. The number of pyridine rings is 1. The van der Waals surface area contributed by atoms with E-state index in [1.54, 1.807) is 19.4 Å². The SMILES string of the molecule is C1CCNC1.C=C(C)c1cc(C2(NC(=O)c3cc(OC)ccc3C)CC2)c2cccnc2c1. The first-order valence-corrected chi connectivity index (χ1v) is 11.7. The smallest absolute Gasteiger partial charge is 0.252 e. The van der Waals surface area contributed by atoms with Crippen LogP contribution in [0.3, 0.4) is 0 Å². The van der Waals surface area contributed by atoms with Crippen LogP contribution in [-0.2, 0) is 5.54 Å². The Balaban J connectivity index is 0.000000459. The number of allylic oxidation sites excluding steroid dienone is 1. The van der Waals surface area contributed by atoms with Crippen molar-refractivity contribution >= 4 is 22.4 Å². The number of fused-ring (bicyclic) bond motifs is 1. The van der Waals surface area contributed by atoms with Crippen LogP contribution in [0.1, 0.15) is 59.7 Å². The van der Waals surface area contributed by atoms with E-state index in [9.17, 15) is 4.79 Å². The van der Waals surface area contributed by atoms with Gasteiger partial charge in [0.2, 0.25) is 0 Å². The Kier molecular flexibility index (Phi) is 6.80. The Morgan fingerprint density at radius 2 is 1.91 bits per heavy atom. The average molecular weight is 444 g/mol. The number of benzene rings is 2. The summed E-state index contributed by atoms with van der Waals surface area (Å²) in [6.07, 6.45) is 6.39. The number of rotatable bonds is 5. The van der Waals surface area contributed by atoms with E-state index < -0.39 is 0 Å². The lowest BCUT2D eigenvalue weighted by Gasteiger charge is -2.22. The van der Waals surface area contributed by atoms with Crippen molar-refractivity contribution < 1.29 is 9.53 Å². The quantitative estimate of drug-likeness (QED) is 0.556. The molecular weight excluding hydrogens is 410 g/mol. The van der Waals surface area contributed by atoms with Gasteiger partial charge in [0.25, 0.3) is 5.91 Å². The zero-order valence-electron chi connectivity index (χ0n) is 19.8. The average Bonchev–Trinajstić information content (AvgIpc) is 3.33. The molecule has 1 amide bonds. The molecule has 1 saturated carbocycles. The summed E-state index contributed by atoms with van der Waals surface area (Å²) in [5.41, 5.74) is 5.29. The first-order valence-electron chi connectivity index (χ1n) is 11.7. The summed E-state index contributed by atoms with van der Waals surface area (Å²) in [5.74, 6) is 0.603. The molecule has 1 aliphatic carbocycles. The fourth-order valence-electron chi connectivity index (χ4n) is 4.29. The van der Waals surface area contributed by atoms with E-state index in [4.69, 9.17) is 4.74 Å². The maximum Gasteiger partial charge on any atom is 0.252 e. The lowest BCUT2D eigenvalue weighted by molar-refractivity contribution is 0.0930. The highest BCUT2D eigenvalue weighted by Gasteiger charge is 2.47. The van der Waals surface area contributed by atoms with Crippen molar-refractivity contribution in [3.63, 3.8) is 0 Å². The molecule has 0 unspecified atom stereocenters. The van der Waals surface area contributed by atoms with Crippen LogP contribution in [0.5, 0.6) is 5.75 Å². The van der Waals surface area contributed by atoms with Crippen molar-refractivity contribution in [1.29, 1.82) is 0 Å². The van der Waals surface area contributed by atoms with Crippen LogP contribution in [-0.4, -0.2) is 31.1 Å². The number of carbonyl (C=O) groups is 1. The number of amides is 1. The highest BCUT2D eigenvalue weighted by Crippen LogP contribution is 2.48. The van der Waals surface area contributed by atoms with E-state index in [1.807, 2.05) is 32.0 Å². The van der Waals surface area contributed by atoms with Gasteiger partial charge in [-0.25, -0.2) is 0 Å². The zero-order valence-corrected chi connectivity index (χ0v) is 19.8. The van der Waals surface area contributed by atoms with E-state index in [-0.39, 0.29) is 11.4 Å². The number of methoxy groups -OCH3 is 1. The molecule has 2 aliphatic rings. The number of carbonyl (C=O) groups excluding carboxylic acids is 1. The normalized spacial score (nSPS) is 16.0. The van der Waals surface area contributed by atoms with Crippen LogP contribution in [0.4, 0.5) is 0 Å². The first kappa shape index (κ1) is 23.0. The van der Waals surface area contributed by atoms with Crippen molar-refractivity contribution in [2.45, 2.75) is 45.1 Å². The Hall–Kier alpha value is -3.18. The predicted molar refractivity (Wildman–Crippen MR) is 135 cm³/mol. The maximum atomic E-state index is 13.1. The minimum Gasteiger partial charge on any atom is -0.497 e. The predicted octanol–water partition coefficient (Wildman–Crippen LogP) is 5.37. The van der Waals surface area contributed by atoms with Gasteiger partial charge >= 0.3 is 0 Å². The Bertz CT molecular complexity index is 1170. The summed E-state index contributed by atoms with van der Waals surface area (Å²) in [6.45, 7) is 10.5. The van der Waals surface area contributed by atoms with Gasteiger partial charge < -0.3 is 15.4 Å². The van der Waals surface area contributed by atoms with E-state index in [1.165, 1.54) is 25.9 Å². The van der Waals surface area contributed by atoms with Crippen molar-refractivity contribution in [2.24, 2.45) is 0 Å². The zero-order chi connectivity index (χ0) is 23.4. The van der Waals surface area contributed by atoms with Gasteiger partial charge in [-0.3, -0.25) is 9.78 Å². The Labute approximate surface area is 196 Å². The lowest BCUT2D eigenvalue weighted by Crippen LogP contribution is -2.35. The minimum atomic E-state index is -0.362. The van der Waals surface area contributed by atoms with Gasteiger partial charge in [-0.15, -0.1) is 0 Å². The molecule has 1 saturated heterocycles. The molecule has 172 valence electrons. The summed E-state index contributed by atoms with van der Waals surface area (Å²) in [7, 11) is 1.61. The summed E-state index contributed by atoms with van der Waals surface area (Å²) in [5, 5.41) is 7.60. The largest absolute Gasteiger partial charge is 0.497 e. The summed E-state index contributed by atoms with van der Waals surface area (Å²) >= 11 is 0. The second-order valence-corrected chi connectivity index (χ2v) is 9.05. The van der Waals surface area contributed by atoms with E-state index in [0.29, 0.717) is 11.3 Å². The monoisotopic (exact) mass is 443 g/mol. The summed E-state index contributed by atoms with van der Waals surface area (Å²) in [4.78, 5) is 17.6. The maximum absolute atomic E-state index is 13.1. The van der Waals surface area contributed by atoms with Gasteiger partial charge in [-0.05, 0) is 99.6 Å². The third-order valence-electron chi connectivity index (χ3n) is 6.48. The van der Waals surface area contributed by atoms with Gasteiger partial charge in [-0.2, -0.15) is 0 Å². The van der Waals surface area contributed by atoms with Crippen molar-refractivity contribution in [1.82, 2.24) is 15.6 Å². The molecule has 2 aromatic carbocycles. The topological polar surface area (TPSA) is 63.2 Å². The first-order chi connectivity index (χ1) is 15.9. The molecule has 5 heteroatoms. The van der Waals surface area contributed by atoms with E-state index in [0.717, 1.165) is 46.0 Å². The molecule has 2 N–H and O–H groups in total. The molecule has 5 rings (SSSR count). The third-order valence-corrected chi connectivity index (χ3v) is 6.48. The van der Waals surface area contributed by atoms with Crippen LogP contribution in [0.15, 0.2) is 55.2 Å². The van der Waals surface area contributed by atoms with Crippen molar-refractivity contribution in [3.8, 4) is 5.75 Å². The number of ether oxygens (including phenoxy) is 1. The highest BCUT2D eigenvalue weighted by molar-refractivity contribution is 5.97. The number of nitrogens with zero attached hydrogens (tertiary/aromatic N) is 1. The highest BCUT2D eigenvalue weighted by atomic mass is 16.5. The van der Waals surface area contributed by atoms with E-state index in [2.05, 4.69) is 40.4 Å². The molecule has 0 radical (unpaired) electrons. The number of aryl methyl sites for hydroxylation is 1. The van der Waals surface area contributed by atoms with Crippen LogP contribution < -0.4 is 15.4 Å². The molecule has 33 heavy (non-hydrogen) atoms. The summed E-state index contributed by atoms with van der Waals surface area (Å²) in [6, 6.07) is 13.8. The second kappa shape index (κ2) is 9.75. The fourth-order valence-corrected chi connectivity index (χ4v) is 4.29. The van der Waals surface area contributed by atoms with Crippen LogP contribution in [0, 0.1) is 6.92 Å². The van der Waals surface area contributed by atoms with Crippen molar-refractivity contribution in [3.05, 3.63) is 77.5 Å². The van der Waals surface area contributed by atoms with Crippen molar-refractivity contribution in [2.75, 3.05) is 20.2 Å². The summed E-state index contributed by atoms with van der Waals surface area (Å²) < 4.78 is 5.29. The molecule has 0 spiro atoms. The Morgan fingerprint density at radius 1 is 1.15 bits per heavy atom. The van der Waals surface area contributed by atoms with Gasteiger partial charge in [-0.1, -0.05) is 24.3 Å². The van der Waals surface area contributed by atoms with Crippen LogP contribution in [0.2, 0.25) is 0 Å². The van der Waals surface area contributed by atoms with Gasteiger partial charge in [0.05, 0.1) is 18.2 Å². The van der Waals surface area contributed by atoms with Crippen LogP contribution in [0.25, 0.3) is 16.5 Å². The molecular formula is C28H33N3O2. The molecule has 0 bridgehead atoms. The van der Waals surface area contributed by atoms with Gasteiger partial charge in [0, 0.05) is 17.1 Å². The number of hydrogen-bond acceptors (Lipinski definition) is 4. The number of hydrogen-bond donors (Lipinski definition) is 2. The molecule has 2 fully saturated rings. The van der Waals surface area contributed by atoms with Gasteiger partial charge in [0.1, 0.15) is 5.75 Å². The van der Waals surface area contributed by atoms with Gasteiger partial charge in [0.15, 0.2) is 0 Å². The minimum absolute atomic E-state index is 0.0772. The molecule has 1 aromatic heterocycles. The molecule has 5 nitrogen and oxygen atoms in total. The third kappa shape index (κ3) is 5.09. The Morgan fingerprint density at radius 3 is 2.52 bits per heavy atom. The molecule has 1 aliphatic heterocycles.